The molecule has 0 bridgehead atoms. The van der Waals surface area contributed by atoms with Crippen LogP contribution in [-0.4, -0.2) is 26.4 Å². The zero-order valence-corrected chi connectivity index (χ0v) is 9.26. The second-order valence-corrected chi connectivity index (χ2v) is 4.02. The van der Waals surface area contributed by atoms with E-state index in [1.54, 1.807) is 18.5 Å². The van der Waals surface area contributed by atoms with Crippen molar-refractivity contribution in [2.24, 2.45) is 5.16 Å². The fourth-order valence-corrected chi connectivity index (χ4v) is 1.98. The zero-order chi connectivity index (χ0) is 11.2. The van der Waals surface area contributed by atoms with Crippen LogP contribution in [0.3, 0.4) is 0 Å². The Labute approximate surface area is 96.5 Å². The Morgan fingerprint density at radius 1 is 1.31 bits per heavy atom. The highest BCUT2D eigenvalue weighted by atomic mass is 32.1. The van der Waals surface area contributed by atoms with Crippen LogP contribution in [0, 0.1) is 0 Å². The van der Waals surface area contributed by atoms with E-state index < -0.39 is 0 Å². The normalized spacial score (nSPS) is 11.0. The predicted octanol–water partition coefficient (Wildman–Crippen LogP) is 1.53. The molecule has 82 valence electrons. The quantitative estimate of drug-likeness (QED) is 0.494. The van der Waals surface area contributed by atoms with Crippen molar-refractivity contribution in [1.29, 1.82) is 0 Å². The summed E-state index contributed by atoms with van der Waals surface area (Å²) in [6, 6.07) is 1.79. The van der Waals surface area contributed by atoms with Gasteiger partial charge in [-0.05, 0) is 6.07 Å². The second kappa shape index (κ2) is 5.32. The van der Waals surface area contributed by atoms with E-state index >= 15 is 0 Å². The summed E-state index contributed by atoms with van der Waals surface area (Å²) in [7, 11) is 0. The van der Waals surface area contributed by atoms with E-state index in [0.717, 1.165) is 23.7 Å². The minimum atomic E-state index is 0.677. The number of rotatable bonds is 4. The fourth-order valence-electron chi connectivity index (χ4n) is 1.24. The molecule has 0 fully saturated rings. The molecule has 2 heterocycles. The molecule has 2 rings (SSSR count). The maximum Gasteiger partial charge on any atom is 0.128 e. The van der Waals surface area contributed by atoms with Crippen LogP contribution in [0.1, 0.15) is 16.5 Å². The zero-order valence-electron chi connectivity index (χ0n) is 8.45. The number of thiazole rings is 1. The summed E-state index contributed by atoms with van der Waals surface area (Å²) in [6.07, 6.45) is 6.35. The molecule has 2 aromatic rings. The summed E-state index contributed by atoms with van der Waals surface area (Å²) >= 11 is 1.54. The molecule has 2 aromatic heterocycles. The van der Waals surface area contributed by atoms with Crippen molar-refractivity contribution in [3.8, 4) is 0 Å². The van der Waals surface area contributed by atoms with E-state index in [-0.39, 0.29) is 0 Å². The van der Waals surface area contributed by atoms with Gasteiger partial charge in [0, 0.05) is 30.6 Å². The summed E-state index contributed by atoms with van der Waals surface area (Å²) < 4.78 is 0. The maximum atomic E-state index is 8.35. The van der Waals surface area contributed by atoms with Crippen molar-refractivity contribution in [3.63, 3.8) is 0 Å². The van der Waals surface area contributed by atoms with Crippen molar-refractivity contribution >= 4 is 17.6 Å². The minimum absolute atomic E-state index is 0.677. The maximum absolute atomic E-state index is 8.35. The molecule has 0 aliphatic heterocycles. The van der Waals surface area contributed by atoms with E-state index in [9.17, 15) is 0 Å². The fraction of sp³-hybridized carbons (Fsp3) is 0.200. The average molecular weight is 234 g/mol. The Bertz CT molecular complexity index is 469. The Balaban J connectivity index is 1.94. The third kappa shape index (κ3) is 2.83. The van der Waals surface area contributed by atoms with Crippen molar-refractivity contribution in [2.45, 2.75) is 12.8 Å². The van der Waals surface area contributed by atoms with Crippen molar-refractivity contribution < 1.29 is 5.21 Å². The monoisotopic (exact) mass is 234 g/mol. The van der Waals surface area contributed by atoms with Gasteiger partial charge in [0.25, 0.3) is 0 Å². The molecule has 0 spiro atoms. The molecule has 0 aromatic carbocycles. The third-order valence-electron chi connectivity index (χ3n) is 1.94. The number of hydrogen-bond donors (Lipinski definition) is 1. The molecular weight excluding hydrogens is 224 g/mol. The Kier molecular flexibility index (Phi) is 3.55. The SMILES string of the molecule is O/N=C\c1csc(CCc2ncccn2)n1. The summed E-state index contributed by atoms with van der Waals surface area (Å²) in [6.45, 7) is 0. The summed E-state index contributed by atoms with van der Waals surface area (Å²) in [5, 5.41) is 14.1. The molecule has 0 saturated heterocycles. The highest BCUT2D eigenvalue weighted by Gasteiger charge is 2.02. The molecule has 16 heavy (non-hydrogen) atoms. The van der Waals surface area contributed by atoms with Crippen LogP contribution in [0.25, 0.3) is 0 Å². The number of oxime groups is 1. The van der Waals surface area contributed by atoms with Gasteiger partial charge in [0.2, 0.25) is 0 Å². The molecule has 0 unspecified atom stereocenters. The molecule has 6 heteroatoms. The smallest absolute Gasteiger partial charge is 0.128 e. The van der Waals surface area contributed by atoms with Gasteiger partial charge in [-0.25, -0.2) is 15.0 Å². The third-order valence-corrected chi connectivity index (χ3v) is 2.87. The first-order valence-corrected chi connectivity index (χ1v) is 5.64. The van der Waals surface area contributed by atoms with Crippen LogP contribution in [0.15, 0.2) is 29.0 Å². The Morgan fingerprint density at radius 2 is 2.12 bits per heavy atom. The highest BCUT2D eigenvalue weighted by Crippen LogP contribution is 2.10. The van der Waals surface area contributed by atoms with E-state index in [4.69, 9.17) is 5.21 Å². The summed E-state index contributed by atoms with van der Waals surface area (Å²) in [5.41, 5.74) is 0.677. The molecule has 1 N–H and O–H groups in total. The lowest BCUT2D eigenvalue weighted by Gasteiger charge is -1.95. The Hall–Kier alpha value is -1.82. The molecule has 0 aliphatic carbocycles. The van der Waals surface area contributed by atoms with Crippen molar-refractivity contribution in [3.05, 3.63) is 40.4 Å². The summed E-state index contributed by atoms with van der Waals surface area (Å²) in [4.78, 5) is 12.5. The van der Waals surface area contributed by atoms with E-state index in [2.05, 4.69) is 20.1 Å². The van der Waals surface area contributed by atoms with Gasteiger partial charge in [-0.3, -0.25) is 0 Å². The van der Waals surface area contributed by atoms with Crippen LogP contribution >= 0.6 is 11.3 Å². The lowest BCUT2D eigenvalue weighted by molar-refractivity contribution is 0.321. The average Bonchev–Trinajstić information content (AvgIpc) is 2.76. The van der Waals surface area contributed by atoms with Gasteiger partial charge >= 0.3 is 0 Å². The van der Waals surface area contributed by atoms with Crippen molar-refractivity contribution in [1.82, 2.24) is 15.0 Å². The standard InChI is InChI=1S/C10H10N4OS/c15-13-6-8-7-16-10(14-8)3-2-9-11-4-1-5-12-9/h1,4-7,15H,2-3H2/b13-6-. The van der Waals surface area contributed by atoms with E-state index in [0.29, 0.717) is 5.69 Å². The number of nitrogens with zero attached hydrogens (tertiary/aromatic N) is 4. The van der Waals surface area contributed by atoms with Gasteiger partial charge < -0.3 is 5.21 Å². The predicted molar refractivity (Wildman–Crippen MR) is 60.9 cm³/mol. The van der Waals surface area contributed by atoms with Crippen LogP contribution in [0.2, 0.25) is 0 Å². The van der Waals surface area contributed by atoms with E-state index in [1.165, 1.54) is 17.6 Å². The first kappa shape index (κ1) is 10.7. The van der Waals surface area contributed by atoms with Gasteiger partial charge in [0.1, 0.15) is 5.82 Å². The molecule has 0 amide bonds. The van der Waals surface area contributed by atoms with Crippen LogP contribution in [0.4, 0.5) is 0 Å². The lowest BCUT2D eigenvalue weighted by Crippen LogP contribution is -1.96. The molecular formula is C10H10N4OS. The molecule has 0 aliphatic rings. The van der Waals surface area contributed by atoms with Crippen LogP contribution in [-0.2, 0) is 12.8 Å². The minimum Gasteiger partial charge on any atom is -0.411 e. The largest absolute Gasteiger partial charge is 0.411 e. The van der Waals surface area contributed by atoms with E-state index in [1.807, 2.05) is 5.38 Å². The lowest BCUT2D eigenvalue weighted by atomic mass is 10.3. The first-order chi connectivity index (χ1) is 7.88. The molecule has 5 nitrogen and oxygen atoms in total. The summed E-state index contributed by atoms with van der Waals surface area (Å²) in [5.74, 6) is 0.815. The first-order valence-electron chi connectivity index (χ1n) is 4.76. The number of aromatic nitrogens is 3. The van der Waals surface area contributed by atoms with Gasteiger partial charge in [0.05, 0.1) is 16.9 Å². The molecule has 0 saturated carbocycles. The van der Waals surface area contributed by atoms with Crippen LogP contribution < -0.4 is 0 Å². The molecule has 0 radical (unpaired) electrons. The van der Waals surface area contributed by atoms with Gasteiger partial charge in [-0.2, -0.15) is 0 Å². The van der Waals surface area contributed by atoms with Gasteiger partial charge in [-0.15, -0.1) is 11.3 Å². The Morgan fingerprint density at radius 3 is 2.88 bits per heavy atom. The second-order valence-electron chi connectivity index (χ2n) is 3.08. The van der Waals surface area contributed by atoms with Crippen LogP contribution in [0.5, 0.6) is 0 Å². The number of hydrogen-bond acceptors (Lipinski definition) is 6. The molecule has 0 atom stereocenters. The van der Waals surface area contributed by atoms with Crippen molar-refractivity contribution in [2.75, 3.05) is 0 Å². The van der Waals surface area contributed by atoms with Gasteiger partial charge in [-0.1, -0.05) is 5.16 Å². The highest BCUT2D eigenvalue weighted by molar-refractivity contribution is 7.09. The van der Waals surface area contributed by atoms with Gasteiger partial charge in [0.15, 0.2) is 0 Å². The topological polar surface area (TPSA) is 71.3 Å². The number of aryl methyl sites for hydroxylation is 2.